The minimum absolute atomic E-state index is 0.0463. The molecular weight excluding hydrogens is 293 g/mol. The van der Waals surface area contributed by atoms with Crippen molar-refractivity contribution in [2.24, 2.45) is 7.05 Å². The highest BCUT2D eigenvalue weighted by Crippen LogP contribution is 2.32. The van der Waals surface area contributed by atoms with Crippen LogP contribution in [0.5, 0.6) is 0 Å². The monoisotopic (exact) mass is 309 g/mol. The van der Waals surface area contributed by atoms with Gasteiger partial charge in [0.2, 0.25) is 5.91 Å². The predicted molar refractivity (Wildman–Crippen MR) is 86.8 cm³/mol. The molecule has 1 fully saturated rings. The summed E-state index contributed by atoms with van der Waals surface area (Å²) in [7, 11) is 1.98. The molecule has 116 valence electrons. The van der Waals surface area contributed by atoms with Gasteiger partial charge in [0.05, 0.1) is 11.0 Å². The molecule has 0 N–H and O–H groups in total. The Morgan fingerprint density at radius 1 is 1.13 bits per heavy atom. The Morgan fingerprint density at radius 2 is 1.87 bits per heavy atom. The second-order valence-corrected chi connectivity index (χ2v) is 5.90. The van der Waals surface area contributed by atoms with Crippen molar-refractivity contribution in [1.82, 2.24) is 9.55 Å². The van der Waals surface area contributed by atoms with Crippen LogP contribution in [0.3, 0.4) is 0 Å². The Morgan fingerprint density at radius 3 is 2.61 bits per heavy atom. The van der Waals surface area contributed by atoms with Crippen molar-refractivity contribution in [3.05, 3.63) is 60.2 Å². The number of imidazole rings is 1. The van der Waals surface area contributed by atoms with Gasteiger partial charge in [0.15, 0.2) is 0 Å². The number of amides is 1. The molecule has 2 aromatic carbocycles. The minimum Gasteiger partial charge on any atom is -0.331 e. The van der Waals surface area contributed by atoms with E-state index in [1.165, 1.54) is 12.1 Å². The van der Waals surface area contributed by atoms with Crippen LogP contribution in [0.1, 0.15) is 18.2 Å². The van der Waals surface area contributed by atoms with E-state index in [0.29, 0.717) is 13.0 Å². The molecule has 0 bridgehead atoms. The Labute approximate surface area is 133 Å². The number of hydrogen-bond acceptors (Lipinski definition) is 2. The summed E-state index contributed by atoms with van der Waals surface area (Å²) in [5.41, 5.74) is 2.74. The van der Waals surface area contributed by atoms with Gasteiger partial charge in [-0.3, -0.25) is 4.79 Å². The van der Waals surface area contributed by atoms with Gasteiger partial charge in [-0.1, -0.05) is 12.1 Å². The molecular formula is C18H16FN3O. The first-order valence-electron chi connectivity index (χ1n) is 7.61. The average Bonchev–Trinajstić information content (AvgIpc) is 3.09. The second kappa shape index (κ2) is 5.19. The van der Waals surface area contributed by atoms with Crippen LogP contribution in [0.15, 0.2) is 48.5 Å². The lowest BCUT2D eigenvalue weighted by molar-refractivity contribution is -0.117. The first kappa shape index (κ1) is 13.9. The zero-order valence-corrected chi connectivity index (χ0v) is 12.7. The fourth-order valence-electron chi connectivity index (χ4n) is 3.28. The summed E-state index contributed by atoms with van der Waals surface area (Å²) in [5, 5.41) is 0. The van der Waals surface area contributed by atoms with Gasteiger partial charge >= 0.3 is 0 Å². The maximum atomic E-state index is 13.1. The third-order valence-electron chi connectivity index (χ3n) is 4.45. The Hall–Kier alpha value is -2.69. The van der Waals surface area contributed by atoms with E-state index in [2.05, 4.69) is 4.57 Å². The number of halogens is 1. The maximum absolute atomic E-state index is 13.1. The van der Waals surface area contributed by atoms with Gasteiger partial charge in [-0.25, -0.2) is 9.37 Å². The zero-order chi connectivity index (χ0) is 16.0. The summed E-state index contributed by atoms with van der Waals surface area (Å²) in [4.78, 5) is 18.8. The molecule has 0 spiro atoms. The smallest absolute Gasteiger partial charge is 0.227 e. The number of nitrogens with zero attached hydrogens (tertiary/aromatic N) is 3. The number of benzene rings is 2. The Balaban J connectivity index is 1.67. The summed E-state index contributed by atoms with van der Waals surface area (Å²) < 4.78 is 15.1. The molecule has 4 nitrogen and oxygen atoms in total. The van der Waals surface area contributed by atoms with E-state index in [9.17, 15) is 9.18 Å². The van der Waals surface area contributed by atoms with E-state index < -0.39 is 0 Å². The zero-order valence-electron chi connectivity index (χ0n) is 12.7. The highest BCUT2D eigenvalue weighted by molar-refractivity contribution is 5.96. The normalized spacial score (nSPS) is 18.1. The van der Waals surface area contributed by atoms with Crippen LogP contribution >= 0.6 is 0 Å². The summed E-state index contributed by atoms with van der Waals surface area (Å²) in [6.45, 7) is 0.571. The fraction of sp³-hybridized carbons (Fsp3) is 0.222. The summed E-state index contributed by atoms with van der Waals surface area (Å²) in [6, 6.07) is 14.0. The van der Waals surface area contributed by atoms with Gasteiger partial charge < -0.3 is 9.47 Å². The molecule has 1 aliphatic rings. The number of carbonyl (C=O) groups excluding carboxylic acids is 1. The fourth-order valence-corrected chi connectivity index (χ4v) is 3.28. The number of aryl methyl sites for hydroxylation is 1. The minimum atomic E-state index is -0.299. The molecule has 1 aromatic heterocycles. The number of carbonyl (C=O) groups is 1. The predicted octanol–water partition coefficient (Wildman–Crippen LogP) is 3.23. The van der Waals surface area contributed by atoms with Crippen molar-refractivity contribution in [2.75, 3.05) is 11.4 Å². The third kappa shape index (κ3) is 2.29. The molecule has 1 aliphatic heterocycles. The summed E-state index contributed by atoms with van der Waals surface area (Å²) in [5.74, 6) is 0.718. The highest BCUT2D eigenvalue weighted by Gasteiger charge is 2.34. The van der Waals surface area contributed by atoms with Gasteiger partial charge in [0.25, 0.3) is 0 Å². The Kier molecular flexibility index (Phi) is 3.15. The van der Waals surface area contributed by atoms with Crippen molar-refractivity contribution in [2.45, 2.75) is 12.3 Å². The van der Waals surface area contributed by atoms with Crippen molar-refractivity contribution in [3.63, 3.8) is 0 Å². The maximum Gasteiger partial charge on any atom is 0.227 e. The summed E-state index contributed by atoms with van der Waals surface area (Å²) >= 11 is 0. The van der Waals surface area contributed by atoms with Crippen LogP contribution < -0.4 is 4.90 Å². The lowest BCUT2D eigenvalue weighted by Gasteiger charge is -2.16. The van der Waals surface area contributed by atoms with Crippen molar-refractivity contribution in [1.29, 1.82) is 0 Å². The molecule has 23 heavy (non-hydrogen) atoms. The molecule has 2 heterocycles. The molecule has 4 rings (SSSR count). The van der Waals surface area contributed by atoms with E-state index in [4.69, 9.17) is 4.98 Å². The molecule has 1 atom stereocenters. The van der Waals surface area contributed by atoms with Gasteiger partial charge in [0.1, 0.15) is 11.6 Å². The lowest BCUT2D eigenvalue weighted by Crippen LogP contribution is -2.24. The van der Waals surface area contributed by atoms with Crippen LogP contribution in [-0.2, 0) is 11.8 Å². The van der Waals surface area contributed by atoms with E-state index in [-0.39, 0.29) is 17.6 Å². The van der Waals surface area contributed by atoms with Crippen LogP contribution in [0.4, 0.5) is 10.1 Å². The Bertz CT molecular complexity index is 885. The largest absolute Gasteiger partial charge is 0.331 e. The van der Waals surface area contributed by atoms with E-state index in [0.717, 1.165) is 22.5 Å². The molecule has 5 heteroatoms. The standard InChI is InChI=1S/C18H16FN3O/c1-21-16-5-3-2-4-15(16)20-18(21)12-10-17(23)22(11-12)14-8-6-13(19)7-9-14/h2-9,12H,10-11H2,1H3/t12-/m1/s1. The number of rotatable bonds is 2. The number of para-hydroxylation sites is 2. The molecule has 3 aromatic rings. The average molecular weight is 309 g/mol. The van der Waals surface area contributed by atoms with Crippen molar-refractivity contribution >= 4 is 22.6 Å². The van der Waals surface area contributed by atoms with E-state index in [1.54, 1.807) is 17.0 Å². The number of fused-ring (bicyclic) bond motifs is 1. The quantitative estimate of drug-likeness (QED) is 0.729. The second-order valence-electron chi connectivity index (χ2n) is 5.90. The topological polar surface area (TPSA) is 38.1 Å². The first-order valence-corrected chi connectivity index (χ1v) is 7.61. The first-order chi connectivity index (χ1) is 11.1. The molecule has 0 radical (unpaired) electrons. The van der Waals surface area contributed by atoms with Crippen LogP contribution in [0.25, 0.3) is 11.0 Å². The van der Waals surface area contributed by atoms with Gasteiger partial charge in [0, 0.05) is 31.6 Å². The highest BCUT2D eigenvalue weighted by atomic mass is 19.1. The van der Waals surface area contributed by atoms with Gasteiger partial charge in [-0.05, 0) is 36.4 Å². The van der Waals surface area contributed by atoms with E-state index in [1.807, 2.05) is 31.3 Å². The molecule has 0 saturated carbocycles. The van der Waals surface area contributed by atoms with Crippen molar-refractivity contribution in [3.8, 4) is 0 Å². The van der Waals surface area contributed by atoms with Crippen molar-refractivity contribution < 1.29 is 9.18 Å². The van der Waals surface area contributed by atoms with Crippen LogP contribution in [0, 0.1) is 5.82 Å². The molecule has 1 saturated heterocycles. The number of aromatic nitrogens is 2. The summed E-state index contributed by atoms with van der Waals surface area (Å²) in [6.07, 6.45) is 0.425. The van der Waals surface area contributed by atoms with Gasteiger partial charge in [-0.2, -0.15) is 0 Å². The molecule has 0 aliphatic carbocycles. The molecule has 0 unspecified atom stereocenters. The van der Waals surface area contributed by atoms with E-state index >= 15 is 0 Å². The lowest BCUT2D eigenvalue weighted by atomic mass is 10.1. The number of hydrogen-bond donors (Lipinski definition) is 0. The van der Waals surface area contributed by atoms with Gasteiger partial charge in [-0.15, -0.1) is 0 Å². The van der Waals surface area contributed by atoms with Crippen LogP contribution in [0.2, 0.25) is 0 Å². The SMILES string of the molecule is Cn1c([C@@H]2CC(=O)N(c3ccc(F)cc3)C2)nc2ccccc21. The third-order valence-corrected chi connectivity index (χ3v) is 4.45. The van der Waals surface area contributed by atoms with Crippen LogP contribution in [-0.4, -0.2) is 22.0 Å². The molecule has 1 amide bonds. The number of anilines is 1.